The molecule has 2 N–H and O–H groups in total. The first-order chi connectivity index (χ1) is 10.1. The average molecular weight is 289 g/mol. The first kappa shape index (κ1) is 14.6. The van der Waals surface area contributed by atoms with Gasteiger partial charge < -0.3 is 15.2 Å². The lowest BCUT2D eigenvalue weighted by molar-refractivity contribution is -0.146. The third kappa shape index (κ3) is 3.82. The molecule has 7 heteroatoms. The Balaban J connectivity index is 2.00. The highest BCUT2D eigenvalue weighted by atomic mass is 16.6. The van der Waals surface area contributed by atoms with E-state index in [1.165, 1.54) is 10.7 Å². The number of nitrogen functional groups attached to an aromatic ring is 1. The monoisotopic (exact) mass is 289 g/mol. The second kappa shape index (κ2) is 6.56. The second-order valence-corrected chi connectivity index (χ2v) is 4.12. The lowest BCUT2D eigenvalue weighted by atomic mass is 10.3. The number of ether oxygens (including phenoxy) is 2. The predicted molar refractivity (Wildman–Crippen MR) is 74.9 cm³/mol. The minimum absolute atomic E-state index is 0.108. The SMILES string of the molecule is CCOC(=O)COC(=O)c1ccn(-c2ccc(N)cc2)n1. The van der Waals surface area contributed by atoms with Crippen LogP contribution in [0.15, 0.2) is 36.5 Å². The van der Waals surface area contributed by atoms with Gasteiger partial charge in [-0.25, -0.2) is 14.3 Å². The van der Waals surface area contributed by atoms with Gasteiger partial charge in [-0.3, -0.25) is 0 Å². The zero-order valence-corrected chi connectivity index (χ0v) is 11.5. The zero-order chi connectivity index (χ0) is 15.2. The van der Waals surface area contributed by atoms with Crippen molar-refractivity contribution in [3.05, 3.63) is 42.2 Å². The van der Waals surface area contributed by atoms with Crippen LogP contribution in [0.5, 0.6) is 0 Å². The minimum Gasteiger partial charge on any atom is -0.463 e. The molecule has 7 nitrogen and oxygen atoms in total. The fraction of sp³-hybridized carbons (Fsp3) is 0.214. The molecule has 0 saturated heterocycles. The first-order valence-electron chi connectivity index (χ1n) is 6.34. The summed E-state index contributed by atoms with van der Waals surface area (Å²) in [4.78, 5) is 22.8. The molecule has 0 spiro atoms. The molecule has 2 aromatic rings. The van der Waals surface area contributed by atoms with Gasteiger partial charge in [-0.2, -0.15) is 5.10 Å². The minimum atomic E-state index is -0.683. The van der Waals surface area contributed by atoms with E-state index < -0.39 is 18.5 Å². The van der Waals surface area contributed by atoms with Crippen LogP contribution in [0.25, 0.3) is 5.69 Å². The van der Waals surface area contributed by atoms with E-state index in [0.29, 0.717) is 5.69 Å². The van der Waals surface area contributed by atoms with Gasteiger partial charge >= 0.3 is 11.9 Å². The number of hydrogen-bond donors (Lipinski definition) is 1. The smallest absolute Gasteiger partial charge is 0.359 e. The number of rotatable bonds is 5. The fourth-order valence-electron chi connectivity index (χ4n) is 1.60. The summed E-state index contributed by atoms with van der Waals surface area (Å²) in [5.41, 5.74) is 7.11. The molecule has 1 aromatic heterocycles. The molecular formula is C14H15N3O4. The van der Waals surface area contributed by atoms with Crippen molar-refractivity contribution in [2.24, 2.45) is 0 Å². The highest BCUT2D eigenvalue weighted by molar-refractivity contribution is 5.88. The number of esters is 2. The van der Waals surface area contributed by atoms with E-state index in [0.717, 1.165) is 5.69 Å². The highest BCUT2D eigenvalue weighted by Gasteiger charge is 2.14. The second-order valence-electron chi connectivity index (χ2n) is 4.12. The van der Waals surface area contributed by atoms with Crippen LogP contribution in [-0.4, -0.2) is 34.9 Å². The van der Waals surface area contributed by atoms with Crippen LogP contribution in [0, 0.1) is 0 Å². The zero-order valence-electron chi connectivity index (χ0n) is 11.5. The lowest BCUT2D eigenvalue weighted by Crippen LogP contribution is -2.17. The third-order valence-electron chi connectivity index (χ3n) is 2.58. The summed E-state index contributed by atoms with van der Waals surface area (Å²) in [6.07, 6.45) is 1.62. The number of nitrogens with zero attached hydrogens (tertiary/aromatic N) is 2. The Labute approximate surface area is 121 Å². The molecule has 2 rings (SSSR count). The van der Waals surface area contributed by atoms with Crippen LogP contribution in [0.1, 0.15) is 17.4 Å². The molecule has 0 aliphatic heterocycles. The molecule has 0 amide bonds. The van der Waals surface area contributed by atoms with Crippen LogP contribution in [0.4, 0.5) is 5.69 Å². The van der Waals surface area contributed by atoms with E-state index >= 15 is 0 Å². The van der Waals surface area contributed by atoms with Crippen LogP contribution < -0.4 is 5.73 Å². The van der Waals surface area contributed by atoms with Gasteiger partial charge in [0.2, 0.25) is 0 Å². The average Bonchev–Trinajstić information content (AvgIpc) is 2.96. The molecule has 0 atom stereocenters. The topological polar surface area (TPSA) is 96.4 Å². The summed E-state index contributed by atoms with van der Waals surface area (Å²) in [6, 6.07) is 8.52. The van der Waals surface area contributed by atoms with Gasteiger partial charge in [-0.05, 0) is 37.3 Å². The summed E-state index contributed by atoms with van der Waals surface area (Å²) >= 11 is 0. The molecule has 21 heavy (non-hydrogen) atoms. The molecular weight excluding hydrogens is 274 g/mol. The van der Waals surface area contributed by atoms with Crippen molar-refractivity contribution >= 4 is 17.6 Å². The number of anilines is 1. The van der Waals surface area contributed by atoms with Crippen molar-refractivity contribution < 1.29 is 19.1 Å². The van der Waals surface area contributed by atoms with Crippen LogP contribution in [0.3, 0.4) is 0 Å². The van der Waals surface area contributed by atoms with Crippen molar-refractivity contribution in [2.45, 2.75) is 6.92 Å². The van der Waals surface area contributed by atoms with Crippen molar-refractivity contribution in [2.75, 3.05) is 18.9 Å². The van der Waals surface area contributed by atoms with E-state index in [2.05, 4.69) is 9.84 Å². The lowest BCUT2D eigenvalue weighted by Gasteiger charge is -2.03. The molecule has 0 radical (unpaired) electrons. The Hall–Kier alpha value is -2.83. The van der Waals surface area contributed by atoms with E-state index in [4.69, 9.17) is 10.5 Å². The van der Waals surface area contributed by atoms with Crippen LogP contribution in [0.2, 0.25) is 0 Å². The third-order valence-corrected chi connectivity index (χ3v) is 2.58. The molecule has 0 aliphatic carbocycles. The molecule has 1 aromatic carbocycles. The Bertz CT molecular complexity index is 634. The molecule has 0 saturated carbocycles. The van der Waals surface area contributed by atoms with Crippen molar-refractivity contribution in [3.8, 4) is 5.69 Å². The van der Waals surface area contributed by atoms with Gasteiger partial charge in [-0.1, -0.05) is 0 Å². The van der Waals surface area contributed by atoms with Gasteiger partial charge in [0.1, 0.15) is 0 Å². The maximum absolute atomic E-state index is 11.7. The van der Waals surface area contributed by atoms with E-state index in [1.54, 1.807) is 37.4 Å². The maximum Gasteiger partial charge on any atom is 0.359 e. The van der Waals surface area contributed by atoms with Gasteiger partial charge in [0, 0.05) is 11.9 Å². The number of hydrogen-bond acceptors (Lipinski definition) is 6. The summed E-state index contributed by atoms with van der Waals surface area (Å²) in [6.45, 7) is 1.48. The first-order valence-corrected chi connectivity index (χ1v) is 6.34. The van der Waals surface area contributed by atoms with E-state index in [-0.39, 0.29) is 12.3 Å². The van der Waals surface area contributed by atoms with Crippen molar-refractivity contribution in [3.63, 3.8) is 0 Å². The van der Waals surface area contributed by atoms with Gasteiger partial charge in [-0.15, -0.1) is 0 Å². The number of carbonyl (C=O) groups is 2. The highest BCUT2D eigenvalue weighted by Crippen LogP contribution is 2.11. The van der Waals surface area contributed by atoms with Gasteiger partial charge in [0.25, 0.3) is 0 Å². The quantitative estimate of drug-likeness (QED) is 0.655. The molecule has 1 heterocycles. The van der Waals surface area contributed by atoms with Crippen molar-refractivity contribution in [1.82, 2.24) is 9.78 Å². The Morgan fingerprint density at radius 2 is 1.90 bits per heavy atom. The number of aromatic nitrogens is 2. The molecule has 0 bridgehead atoms. The molecule has 110 valence electrons. The Morgan fingerprint density at radius 1 is 1.19 bits per heavy atom. The summed E-state index contributed by atoms with van der Waals surface area (Å²) in [7, 11) is 0. The largest absolute Gasteiger partial charge is 0.463 e. The number of benzene rings is 1. The van der Waals surface area contributed by atoms with Gasteiger partial charge in [0.05, 0.1) is 12.3 Å². The van der Waals surface area contributed by atoms with Gasteiger partial charge in [0.15, 0.2) is 12.3 Å². The van der Waals surface area contributed by atoms with E-state index in [1.807, 2.05) is 0 Å². The fourth-order valence-corrected chi connectivity index (χ4v) is 1.60. The summed E-state index contributed by atoms with van der Waals surface area (Å²) < 4.78 is 11.0. The molecule has 0 aliphatic rings. The molecule has 0 unspecified atom stereocenters. The van der Waals surface area contributed by atoms with E-state index in [9.17, 15) is 9.59 Å². The van der Waals surface area contributed by atoms with Crippen LogP contribution >= 0.6 is 0 Å². The normalized spacial score (nSPS) is 10.1. The molecule has 0 fully saturated rings. The Kier molecular flexibility index (Phi) is 4.55. The Morgan fingerprint density at radius 3 is 2.57 bits per heavy atom. The maximum atomic E-state index is 11.7. The number of carbonyl (C=O) groups excluding carboxylic acids is 2. The number of nitrogens with two attached hydrogens (primary N) is 1. The van der Waals surface area contributed by atoms with Crippen molar-refractivity contribution in [1.29, 1.82) is 0 Å². The summed E-state index contributed by atoms with van der Waals surface area (Å²) in [5.74, 6) is -1.28. The summed E-state index contributed by atoms with van der Waals surface area (Å²) in [5, 5.41) is 4.08. The predicted octanol–water partition coefficient (Wildman–Crippen LogP) is 1.17. The standard InChI is InChI=1S/C14H15N3O4/c1-2-20-13(18)9-21-14(19)12-7-8-17(16-12)11-5-3-10(15)4-6-11/h3-8H,2,9,15H2,1H3. The van der Waals surface area contributed by atoms with Crippen LogP contribution in [-0.2, 0) is 14.3 Å².